The molecule has 0 aromatic carbocycles. The lowest BCUT2D eigenvalue weighted by molar-refractivity contribution is -0.143. The molecule has 0 spiro atoms. The van der Waals surface area contributed by atoms with E-state index in [0.717, 1.165) is 32.5 Å². The Morgan fingerprint density at radius 2 is 1.55 bits per heavy atom. The number of likely N-dealkylation sites (tertiary alicyclic amines) is 2. The van der Waals surface area contributed by atoms with Crippen molar-refractivity contribution in [3.05, 3.63) is 0 Å². The molecule has 20 heavy (non-hydrogen) atoms. The van der Waals surface area contributed by atoms with E-state index in [-0.39, 0.29) is 5.41 Å². The lowest BCUT2D eigenvalue weighted by atomic mass is 9.76. The van der Waals surface area contributed by atoms with Gasteiger partial charge >= 0.3 is 0 Å². The van der Waals surface area contributed by atoms with Crippen LogP contribution in [0.2, 0.25) is 0 Å². The molecule has 0 aliphatic carbocycles. The Labute approximate surface area is 126 Å². The van der Waals surface area contributed by atoms with Gasteiger partial charge in [-0.2, -0.15) is 0 Å². The van der Waals surface area contributed by atoms with Gasteiger partial charge in [-0.05, 0) is 46.2 Å². The van der Waals surface area contributed by atoms with E-state index < -0.39 is 0 Å². The molecule has 2 heterocycles. The summed E-state index contributed by atoms with van der Waals surface area (Å²) in [5, 5.41) is 0. The van der Waals surface area contributed by atoms with Gasteiger partial charge in [0.2, 0.25) is 5.91 Å². The van der Waals surface area contributed by atoms with Gasteiger partial charge in [-0.15, -0.1) is 0 Å². The van der Waals surface area contributed by atoms with Crippen molar-refractivity contribution in [3.63, 3.8) is 0 Å². The van der Waals surface area contributed by atoms with Crippen molar-refractivity contribution >= 4 is 5.91 Å². The average molecular weight is 284 g/mol. The highest BCUT2D eigenvalue weighted by atomic mass is 16.2. The van der Waals surface area contributed by atoms with Crippen LogP contribution < -0.4 is 0 Å². The molecular weight excluding hydrogens is 248 g/mol. The second-order valence-corrected chi connectivity index (χ2v) is 5.84. The zero-order valence-electron chi connectivity index (χ0n) is 14.8. The fourth-order valence-corrected chi connectivity index (χ4v) is 3.05. The number of carbonyl (C=O) groups excluding carboxylic acids is 1. The molecule has 0 N–H and O–H groups in total. The smallest absolute Gasteiger partial charge is 0.228 e. The fraction of sp³-hybridized carbons (Fsp3) is 0.941. The highest BCUT2D eigenvalue weighted by Crippen LogP contribution is 2.36. The van der Waals surface area contributed by atoms with Gasteiger partial charge in [-0.1, -0.05) is 34.6 Å². The lowest BCUT2D eigenvalue weighted by Crippen LogP contribution is -2.50. The summed E-state index contributed by atoms with van der Waals surface area (Å²) in [6.07, 6.45) is 4.41. The summed E-state index contributed by atoms with van der Waals surface area (Å²) >= 11 is 0. The molecule has 0 bridgehead atoms. The Morgan fingerprint density at radius 1 is 1.05 bits per heavy atom. The fourth-order valence-electron chi connectivity index (χ4n) is 3.05. The normalized spacial score (nSPS) is 29.9. The Kier molecular flexibility index (Phi) is 9.11. The second kappa shape index (κ2) is 9.38. The van der Waals surface area contributed by atoms with E-state index in [1.54, 1.807) is 0 Å². The summed E-state index contributed by atoms with van der Waals surface area (Å²) in [6.45, 7) is 15.4. The number of hydrogen-bond donors (Lipinski definition) is 0. The number of amides is 1. The molecule has 1 amide bonds. The summed E-state index contributed by atoms with van der Waals surface area (Å²) in [5.74, 6) is 0.407. The summed E-state index contributed by atoms with van der Waals surface area (Å²) in [5.41, 5.74) is -0.101. The van der Waals surface area contributed by atoms with Gasteiger partial charge in [-0.25, -0.2) is 0 Å². The van der Waals surface area contributed by atoms with E-state index in [4.69, 9.17) is 0 Å². The maximum atomic E-state index is 12.5. The minimum absolute atomic E-state index is 0.101. The molecule has 2 rings (SSSR count). The summed E-state index contributed by atoms with van der Waals surface area (Å²) in [6, 6.07) is 0.533. The van der Waals surface area contributed by atoms with E-state index in [0.29, 0.717) is 11.9 Å². The number of hydrogen-bond acceptors (Lipinski definition) is 2. The van der Waals surface area contributed by atoms with Crippen LogP contribution in [-0.4, -0.2) is 48.4 Å². The van der Waals surface area contributed by atoms with Crippen LogP contribution in [0.5, 0.6) is 0 Å². The molecule has 0 radical (unpaired) electrons. The van der Waals surface area contributed by atoms with E-state index >= 15 is 0 Å². The van der Waals surface area contributed by atoms with Crippen LogP contribution in [0.3, 0.4) is 0 Å². The molecule has 2 aliphatic heterocycles. The summed E-state index contributed by atoms with van der Waals surface area (Å²) < 4.78 is 0. The third-order valence-corrected chi connectivity index (χ3v) is 4.42. The van der Waals surface area contributed by atoms with Crippen molar-refractivity contribution in [1.82, 2.24) is 9.80 Å². The van der Waals surface area contributed by atoms with E-state index in [9.17, 15) is 4.79 Å². The third kappa shape index (κ3) is 4.76. The highest BCUT2D eigenvalue weighted by Gasteiger charge is 2.41. The Morgan fingerprint density at radius 3 is 2.00 bits per heavy atom. The minimum Gasteiger partial charge on any atom is -0.342 e. The van der Waals surface area contributed by atoms with Crippen LogP contribution in [0, 0.1) is 5.41 Å². The molecule has 2 aliphatic rings. The molecule has 2 saturated heterocycles. The number of carbonyl (C=O) groups is 1. The average Bonchev–Trinajstić information content (AvgIpc) is 3.01. The van der Waals surface area contributed by atoms with Crippen molar-refractivity contribution in [1.29, 1.82) is 0 Å². The van der Waals surface area contributed by atoms with Gasteiger partial charge in [0, 0.05) is 24.5 Å². The first kappa shape index (κ1) is 19.4. The monoisotopic (exact) mass is 284 g/mol. The zero-order valence-corrected chi connectivity index (χ0v) is 14.8. The highest BCUT2D eigenvalue weighted by molar-refractivity contribution is 5.82. The van der Waals surface area contributed by atoms with Gasteiger partial charge in [0.25, 0.3) is 0 Å². The van der Waals surface area contributed by atoms with Crippen LogP contribution in [0.25, 0.3) is 0 Å². The van der Waals surface area contributed by atoms with Gasteiger partial charge in [0.1, 0.15) is 0 Å². The number of nitrogens with zero attached hydrogens (tertiary/aromatic N) is 2. The molecule has 3 nitrogen and oxygen atoms in total. The van der Waals surface area contributed by atoms with Crippen LogP contribution in [0.4, 0.5) is 0 Å². The first-order valence-electron chi connectivity index (χ1n) is 8.52. The maximum absolute atomic E-state index is 12.5. The summed E-state index contributed by atoms with van der Waals surface area (Å²) in [7, 11) is 2.16. The quantitative estimate of drug-likeness (QED) is 0.731. The Hall–Kier alpha value is -0.570. The first-order valence-corrected chi connectivity index (χ1v) is 8.52. The molecular formula is C17H36N2O. The van der Waals surface area contributed by atoms with Gasteiger partial charge in [0.15, 0.2) is 0 Å². The first-order chi connectivity index (χ1) is 9.53. The van der Waals surface area contributed by atoms with E-state index in [2.05, 4.69) is 30.7 Å². The molecule has 0 saturated carbocycles. The minimum atomic E-state index is -0.101. The Bertz CT molecular complexity index is 274. The van der Waals surface area contributed by atoms with Crippen LogP contribution in [0.15, 0.2) is 0 Å². The third-order valence-electron chi connectivity index (χ3n) is 4.42. The van der Waals surface area contributed by atoms with Crippen molar-refractivity contribution in [3.8, 4) is 0 Å². The SMILES string of the molecule is CC.CC.CC1CC(C)(C(=O)N2CCCC2)CCN1C. The van der Waals surface area contributed by atoms with Crippen molar-refractivity contribution in [2.24, 2.45) is 5.41 Å². The van der Waals surface area contributed by atoms with E-state index in [1.807, 2.05) is 27.7 Å². The zero-order chi connectivity index (χ0) is 15.8. The van der Waals surface area contributed by atoms with Crippen LogP contribution >= 0.6 is 0 Å². The Balaban J connectivity index is 0.000000829. The van der Waals surface area contributed by atoms with Crippen LogP contribution in [-0.2, 0) is 4.79 Å². The van der Waals surface area contributed by atoms with Crippen molar-refractivity contribution in [2.45, 2.75) is 73.3 Å². The molecule has 2 atom stereocenters. The molecule has 0 aromatic heterocycles. The lowest BCUT2D eigenvalue weighted by Gasteiger charge is -2.42. The number of piperidine rings is 1. The van der Waals surface area contributed by atoms with Crippen LogP contribution in [0.1, 0.15) is 67.2 Å². The predicted molar refractivity (Wildman–Crippen MR) is 87.9 cm³/mol. The van der Waals surface area contributed by atoms with Gasteiger partial charge in [0.05, 0.1) is 0 Å². The topological polar surface area (TPSA) is 23.6 Å². The molecule has 120 valence electrons. The second-order valence-electron chi connectivity index (χ2n) is 5.84. The largest absolute Gasteiger partial charge is 0.342 e. The summed E-state index contributed by atoms with van der Waals surface area (Å²) in [4.78, 5) is 16.9. The standard InChI is InChI=1S/C13H24N2O.2C2H6/c1-11-10-13(2,6-9-14(11)3)12(16)15-7-4-5-8-15;2*1-2/h11H,4-10H2,1-3H3;2*1-2H3. The van der Waals surface area contributed by atoms with Crippen molar-refractivity contribution < 1.29 is 4.79 Å². The molecule has 0 aromatic rings. The maximum Gasteiger partial charge on any atom is 0.228 e. The number of rotatable bonds is 1. The van der Waals surface area contributed by atoms with Crippen molar-refractivity contribution in [2.75, 3.05) is 26.7 Å². The molecule has 3 heteroatoms. The molecule has 2 fully saturated rings. The van der Waals surface area contributed by atoms with E-state index in [1.165, 1.54) is 12.8 Å². The predicted octanol–water partition coefficient (Wildman–Crippen LogP) is 3.78. The van der Waals surface area contributed by atoms with Gasteiger partial charge < -0.3 is 9.80 Å². The van der Waals surface area contributed by atoms with Gasteiger partial charge in [-0.3, -0.25) is 4.79 Å². The molecule has 2 unspecified atom stereocenters.